The average molecular weight is 287 g/mol. The van der Waals surface area contributed by atoms with Crippen molar-refractivity contribution < 1.29 is 4.79 Å². The topological polar surface area (TPSA) is 35.6 Å². The van der Waals surface area contributed by atoms with Crippen molar-refractivity contribution in [1.82, 2.24) is 9.80 Å². The molecule has 0 spiro atoms. The summed E-state index contributed by atoms with van der Waals surface area (Å²) in [6.07, 6.45) is 2.10. The summed E-state index contributed by atoms with van der Waals surface area (Å²) in [6, 6.07) is 8.32. The lowest BCUT2D eigenvalue weighted by atomic mass is 10.1. The summed E-state index contributed by atoms with van der Waals surface area (Å²) in [7, 11) is 0. The molecule has 0 radical (unpaired) electrons. The third-order valence-electron chi connectivity index (χ3n) is 4.49. The van der Waals surface area contributed by atoms with Gasteiger partial charge in [0.25, 0.3) is 0 Å². The summed E-state index contributed by atoms with van der Waals surface area (Å²) in [5.74, 6) is 0.443. The molecule has 1 aromatic rings. The Balaban J connectivity index is 1.49. The van der Waals surface area contributed by atoms with Gasteiger partial charge in [-0.05, 0) is 37.1 Å². The second-order valence-electron chi connectivity index (χ2n) is 6.17. The molecule has 21 heavy (non-hydrogen) atoms. The van der Waals surface area contributed by atoms with Gasteiger partial charge in [-0.2, -0.15) is 0 Å². The lowest BCUT2D eigenvalue weighted by Crippen LogP contribution is -2.45. The number of carbonyl (C=O) groups excluding carboxylic acids is 1. The zero-order valence-corrected chi connectivity index (χ0v) is 12.8. The summed E-state index contributed by atoms with van der Waals surface area (Å²) in [5.41, 5.74) is 2.25. The number of nitrogens with zero attached hydrogens (tertiary/aromatic N) is 2. The molecule has 2 fully saturated rings. The van der Waals surface area contributed by atoms with E-state index in [0.717, 1.165) is 44.7 Å². The van der Waals surface area contributed by atoms with E-state index in [1.807, 2.05) is 12.1 Å². The van der Waals surface area contributed by atoms with Crippen molar-refractivity contribution >= 4 is 11.6 Å². The standard InChI is InChI=1S/C17H25N3O/c1-2-19-9-11-20(12-10-19)13-14-3-7-16(8-4-14)18-17(21)15-5-6-15/h3-4,7-8,15H,2,5-6,9-13H2,1H3,(H,18,21). The molecular weight excluding hydrogens is 262 g/mol. The van der Waals surface area contributed by atoms with Crippen molar-refractivity contribution in [2.75, 3.05) is 38.0 Å². The van der Waals surface area contributed by atoms with Crippen LogP contribution >= 0.6 is 0 Å². The van der Waals surface area contributed by atoms with Crippen LogP contribution in [0.25, 0.3) is 0 Å². The Kier molecular flexibility index (Phi) is 4.56. The molecule has 0 unspecified atom stereocenters. The fourth-order valence-corrected chi connectivity index (χ4v) is 2.81. The molecule has 0 bridgehead atoms. The first-order chi connectivity index (χ1) is 10.2. The molecule has 0 aromatic heterocycles. The first-order valence-electron chi connectivity index (χ1n) is 8.09. The first kappa shape index (κ1) is 14.5. The molecule has 1 N–H and O–H groups in total. The highest BCUT2D eigenvalue weighted by Crippen LogP contribution is 2.30. The number of nitrogens with one attached hydrogen (secondary N) is 1. The zero-order valence-electron chi connectivity index (χ0n) is 12.8. The number of carbonyl (C=O) groups is 1. The summed E-state index contributed by atoms with van der Waals surface area (Å²) >= 11 is 0. The van der Waals surface area contributed by atoms with Gasteiger partial charge in [-0.3, -0.25) is 9.69 Å². The van der Waals surface area contributed by atoms with Crippen LogP contribution in [0.15, 0.2) is 24.3 Å². The number of hydrogen-bond donors (Lipinski definition) is 1. The number of anilines is 1. The maximum atomic E-state index is 11.7. The van der Waals surface area contributed by atoms with Crippen LogP contribution in [0.2, 0.25) is 0 Å². The molecule has 3 rings (SSSR count). The maximum Gasteiger partial charge on any atom is 0.227 e. The van der Waals surface area contributed by atoms with E-state index in [-0.39, 0.29) is 11.8 Å². The number of piperazine rings is 1. The minimum atomic E-state index is 0.179. The number of likely N-dealkylation sites (N-methyl/N-ethyl adjacent to an activating group) is 1. The van der Waals surface area contributed by atoms with Crippen LogP contribution in [0.5, 0.6) is 0 Å². The van der Waals surface area contributed by atoms with Gasteiger partial charge in [-0.25, -0.2) is 0 Å². The van der Waals surface area contributed by atoms with Crippen molar-refractivity contribution in [2.24, 2.45) is 5.92 Å². The van der Waals surface area contributed by atoms with Crippen molar-refractivity contribution in [3.63, 3.8) is 0 Å². The Labute approximate surface area is 127 Å². The van der Waals surface area contributed by atoms with E-state index in [4.69, 9.17) is 0 Å². The van der Waals surface area contributed by atoms with Gasteiger partial charge in [-0.1, -0.05) is 19.1 Å². The molecule has 1 saturated heterocycles. The van der Waals surface area contributed by atoms with Gasteiger partial charge >= 0.3 is 0 Å². The summed E-state index contributed by atoms with van der Waals surface area (Å²) in [4.78, 5) is 16.7. The minimum absolute atomic E-state index is 0.179. The molecule has 2 aliphatic rings. The molecule has 1 saturated carbocycles. The molecule has 1 aliphatic carbocycles. The highest BCUT2D eigenvalue weighted by atomic mass is 16.2. The number of hydrogen-bond acceptors (Lipinski definition) is 3. The molecule has 1 aliphatic heterocycles. The Bertz CT molecular complexity index is 473. The van der Waals surface area contributed by atoms with Gasteiger partial charge in [0.15, 0.2) is 0 Å². The monoisotopic (exact) mass is 287 g/mol. The van der Waals surface area contributed by atoms with Crippen molar-refractivity contribution in [3.05, 3.63) is 29.8 Å². The second-order valence-corrected chi connectivity index (χ2v) is 6.17. The van der Waals surface area contributed by atoms with E-state index < -0.39 is 0 Å². The molecule has 1 amide bonds. The molecule has 4 nitrogen and oxygen atoms in total. The second kappa shape index (κ2) is 6.58. The van der Waals surface area contributed by atoms with Crippen molar-refractivity contribution in [3.8, 4) is 0 Å². The third-order valence-corrected chi connectivity index (χ3v) is 4.49. The first-order valence-corrected chi connectivity index (χ1v) is 8.09. The van der Waals surface area contributed by atoms with Crippen LogP contribution in [-0.2, 0) is 11.3 Å². The Morgan fingerprint density at radius 3 is 2.29 bits per heavy atom. The fourth-order valence-electron chi connectivity index (χ4n) is 2.81. The molecule has 114 valence electrons. The number of amides is 1. The van der Waals surface area contributed by atoms with Gasteiger partial charge in [0.05, 0.1) is 0 Å². The Hall–Kier alpha value is -1.39. The lowest BCUT2D eigenvalue weighted by molar-refractivity contribution is -0.117. The number of benzene rings is 1. The summed E-state index contributed by atoms with van der Waals surface area (Å²) in [5, 5.41) is 2.99. The smallest absolute Gasteiger partial charge is 0.227 e. The minimum Gasteiger partial charge on any atom is -0.326 e. The van der Waals surface area contributed by atoms with E-state index in [1.165, 1.54) is 18.7 Å². The lowest BCUT2D eigenvalue weighted by Gasteiger charge is -2.34. The van der Waals surface area contributed by atoms with Crippen molar-refractivity contribution in [2.45, 2.75) is 26.3 Å². The quantitative estimate of drug-likeness (QED) is 0.901. The van der Waals surface area contributed by atoms with Crippen LogP contribution in [0.3, 0.4) is 0 Å². The maximum absolute atomic E-state index is 11.7. The summed E-state index contributed by atoms with van der Waals surface area (Å²) < 4.78 is 0. The average Bonchev–Trinajstić information content (AvgIpc) is 3.35. The third kappa shape index (κ3) is 4.05. The van der Waals surface area contributed by atoms with Gasteiger partial charge in [-0.15, -0.1) is 0 Å². The van der Waals surface area contributed by atoms with Crippen LogP contribution in [-0.4, -0.2) is 48.4 Å². The fraction of sp³-hybridized carbons (Fsp3) is 0.588. The van der Waals surface area contributed by atoms with Gasteiger partial charge in [0.1, 0.15) is 0 Å². The predicted octanol–water partition coefficient (Wildman–Crippen LogP) is 2.17. The summed E-state index contributed by atoms with van der Waals surface area (Å²) in [6.45, 7) is 9.03. The highest BCUT2D eigenvalue weighted by molar-refractivity contribution is 5.93. The molecule has 1 heterocycles. The van der Waals surface area contributed by atoms with Crippen LogP contribution < -0.4 is 5.32 Å². The Morgan fingerprint density at radius 1 is 1.10 bits per heavy atom. The van der Waals surface area contributed by atoms with E-state index in [0.29, 0.717) is 0 Å². The van der Waals surface area contributed by atoms with Gasteiger partial charge < -0.3 is 10.2 Å². The molecule has 0 atom stereocenters. The zero-order chi connectivity index (χ0) is 14.7. The van der Waals surface area contributed by atoms with Gasteiger partial charge in [0, 0.05) is 44.3 Å². The van der Waals surface area contributed by atoms with E-state index in [1.54, 1.807) is 0 Å². The van der Waals surface area contributed by atoms with Crippen LogP contribution in [0.4, 0.5) is 5.69 Å². The molecule has 4 heteroatoms. The normalized spacial score (nSPS) is 20.4. The van der Waals surface area contributed by atoms with E-state index in [2.05, 4.69) is 34.2 Å². The molecular formula is C17H25N3O. The SMILES string of the molecule is CCN1CCN(Cc2ccc(NC(=O)C3CC3)cc2)CC1. The predicted molar refractivity (Wildman–Crippen MR) is 85.2 cm³/mol. The molecule has 1 aromatic carbocycles. The largest absolute Gasteiger partial charge is 0.326 e. The highest BCUT2D eigenvalue weighted by Gasteiger charge is 2.29. The van der Waals surface area contributed by atoms with E-state index in [9.17, 15) is 4.79 Å². The van der Waals surface area contributed by atoms with E-state index >= 15 is 0 Å². The van der Waals surface area contributed by atoms with Crippen molar-refractivity contribution in [1.29, 1.82) is 0 Å². The van der Waals surface area contributed by atoms with Gasteiger partial charge in [0.2, 0.25) is 5.91 Å². The van der Waals surface area contributed by atoms with Crippen LogP contribution in [0.1, 0.15) is 25.3 Å². The Morgan fingerprint density at radius 2 is 1.71 bits per heavy atom. The van der Waals surface area contributed by atoms with Crippen LogP contribution in [0, 0.1) is 5.92 Å². The number of rotatable bonds is 5.